The largest absolute Gasteiger partial charge is 0.316 e. The molecule has 1 N–H and O–H groups in total. The van der Waals surface area contributed by atoms with Crippen molar-refractivity contribution in [1.29, 1.82) is 0 Å². The molecule has 0 aliphatic heterocycles. The van der Waals surface area contributed by atoms with E-state index in [1.54, 1.807) is 12.1 Å². The molecule has 3 heteroatoms. The fourth-order valence-corrected chi connectivity index (χ4v) is 2.19. The normalized spacial score (nSPS) is 13.3. The third-order valence-electron chi connectivity index (χ3n) is 3.38. The lowest BCUT2D eigenvalue weighted by Crippen LogP contribution is -2.30. The quantitative estimate of drug-likeness (QED) is 0.775. The third-order valence-corrected chi connectivity index (χ3v) is 3.69. The van der Waals surface area contributed by atoms with E-state index in [4.69, 9.17) is 11.6 Å². The van der Waals surface area contributed by atoms with Gasteiger partial charge in [-0.15, -0.1) is 0 Å². The van der Waals surface area contributed by atoms with Crippen LogP contribution < -0.4 is 5.32 Å². The van der Waals surface area contributed by atoms with Crippen molar-refractivity contribution >= 4 is 11.6 Å². The van der Waals surface area contributed by atoms with E-state index in [2.05, 4.69) is 33.0 Å². The van der Waals surface area contributed by atoms with Gasteiger partial charge in [-0.05, 0) is 55.0 Å². The van der Waals surface area contributed by atoms with Crippen LogP contribution in [-0.2, 0) is 6.42 Å². The fourth-order valence-electron chi connectivity index (χ4n) is 2.07. The Morgan fingerprint density at radius 3 is 2.37 bits per heavy atom. The van der Waals surface area contributed by atoms with Gasteiger partial charge in [-0.3, -0.25) is 0 Å². The highest BCUT2D eigenvalue weighted by molar-refractivity contribution is 6.30. The molecule has 0 aliphatic carbocycles. The first-order valence-corrected chi connectivity index (χ1v) is 7.42. The van der Waals surface area contributed by atoms with Crippen LogP contribution in [0.4, 0.5) is 4.39 Å². The highest BCUT2D eigenvalue weighted by Crippen LogP contribution is 2.21. The van der Waals surface area contributed by atoms with E-state index in [-0.39, 0.29) is 10.8 Å². The lowest BCUT2D eigenvalue weighted by Gasteiger charge is -2.22. The molecular formula is C16H25ClFN. The molecule has 1 rings (SSSR count). The van der Waals surface area contributed by atoms with Crippen LogP contribution in [0.25, 0.3) is 0 Å². The number of hydrogen-bond acceptors (Lipinski definition) is 1. The van der Waals surface area contributed by atoms with Crippen LogP contribution in [0.2, 0.25) is 5.02 Å². The monoisotopic (exact) mass is 285 g/mol. The van der Waals surface area contributed by atoms with Gasteiger partial charge < -0.3 is 5.32 Å². The van der Waals surface area contributed by atoms with Crippen LogP contribution >= 0.6 is 11.6 Å². The Bertz CT molecular complexity index is 390. The summed E-state index contributed by atoms with van der Waals surface area (Å²) < 4.78 is 13.4. The smallest absolute Gasteiger partial charge is 0.142 e. The second kappa shape index (κ2) is 7.86. The minimum Gasteiger partial charge on any atom is -0.316 e. The van der Waals surface area contributed by atoms with Gasteiger partial charge in [0.25, 0.3) is 0 Å². The van der Waals surface area contributed by atoms with E-state index in [0.29, 0.717) is 17.8 Å². The Balaban J connectivity index is 2.59. The van der Waals surface area contributed by atoms with Crippen LogP contribution in [-0.4, -0.2) is 13.1 Å². The van der Waals surface area contributed by atoms with Gasteiger partial charge in [0.15, 0.2) is 0 Å². The lowest BCUT2D eigenvalue weighted by atomic mass is 9.89. The lowest BCUT2D eigenvalue weighted by molar-refractivity contribution is 0.352. The van der Waals surface area contributed by atoms with Gasteiger partial charge in [0, 0.05) is 0 Å². The Kier molecular flexibility index (Phi) is 6.81. The summed E-state index contributed by atoms with van der Waals surface area (Å²) in [5.41, 5.74) is 1.02. The minimum absolute atomic E-state index is 0.197. The molecule has 1 atom stereocenters. The van der Waals surface area contributed by atoms with Crippen molar-refractivity contribution in [2.75, 3.05) is 13.1 Å². The summed E-state index contributed by atoms with van der Waals surface area (Å²) in [6.45, 7) is 10.8. The summed E-state index contributed by atoms with van der Waals surface area (Å²) in [5, 5.41) is 3.69. The first-order chi connectivity index (χ1) is 8.90. The van der Waals surface area contributed by atoms with Crippen LogP contribution in [0.3, 0.4) is 0 Å². The summed E-state index contributed by atoms with van der Waals surface area (Å²) in [6.07, 6.45) is 0.886. The molecule has 0 aliphatic rings. The first-order valence-electron chi connectivity index (χ1n) is 7.04. The SMILES string of the molecule is CC(C)CNCC(Cc1ccc(Cl)c(F)c1)C(C)C. The van der Waals surface area contributed by atoms with Gasteiger partial charge in [-0.1, -0.05) is 45.4 Å². The highest BCUT2D eigenvalue weighted by atomic mass is 35.5. The molecule has 0 radical (unpaired) electrons. The second-order valence-corrected chi connectivity index (χ2v) is 6.42. The van der Waals surface area contributed by atoms with Crippen molar-refractivity contribution in [3.8, 4) is 0 Å². The molecule has 0 amide bonds. The maximum absolute atomic E-state index is 13.4. The molecule has 108 valence electrons. The standard InChI is InChI=1S/C16H25ClFN/c1-11(2)9-19-10-14(12(3)4)7-13-5-6-15(17)16(18)8-13/h5-6,8,11-12,14,19H,7,9-10H2,1-4H3. The summed E-state index contributed by atoms with van der Waals surface area (Å²) in [4.78, 5) is 0. The topological polar surface area (TPSA) is 12.0 Å². The highest BCUT2D eigenvalue weighted by Gasteiger charge is 2.15. The Morgan fingerprint density at radius 2 is 1.84 bits per heavy atom. The summed E-state index contributed by atoms with van der Waals surface area (Å²) in [7, 11) is 0. The van der Waals surface area contributed by atoms with Gasteiger partial charge in [0.1, 0.15) is 5.82 Å². The predicted octanol–water partition coefficient (Wildman–Crippen LogP) is 4.54. The van der Waals surface area contributed by atoms with Crippen molar-refractivity contribution in [3.05, 3.63) is 34.6 Å². The fraction of sp³-hybridized carbons (Fsp3) is 0.625. The molecule has 1 aromatic carbocycles. The summed E-state index contributed by atoms with van der Waals surface area (Å²) in [6, 6.07) is 5.12. The van der Waals surface area contributed by atoms with E-state index >= 15 is 0 Å². The van der Waals surface area contributed by atoms with E-state index in [9.17, 15) is 4.39 Å². The number of benzene rings is 1. The van der Waals surface area contributed by atoms with Crippen LogP contribution in [0.1, 0.15) is 33.3 Å². The number of nitrogens with one attached hydrogen (secondary N) is 1. The molecule has 0 spiro atoms. The first kappa shape index (κ1) is 16.5. The summed E-state index contributed by atoms with van der Waals surface area (Å²) >= 11 is 5.71. The van der Waals surface area contributed by atoms with Crippen LogP contribution in [0.15, 0.2) is 18.2 Å². The van der Waals surface area contributed by atoms with Gasteiger partial charge in [-0.2, -0.15) is 0 Å². The van der Waals surface area contributed by atoms with E-state index in [1.807, 2.05) is 6.07 Å². The van der Waals surface area contributed by atoms with Crippen molar-refractivity contribution in [1.82, 2.24) is 5.32 Å². The van der Waals surface area contributed by atoms with E-state index < -0.39 is 0 Å². The Labute approximate surface area is 121 Å². The van der Waals surface area contributed by atoms with Crippen molar-refractivity contribution in [2.45, 2.75) is 34.1 Å². The van der Waals surface area contributed by atoms with E-state index in [0.717, 1.165) is 25.1 Å². The average Bonchev–Trinajstić information content (AvgIpc) is 2.32. The van der Waals surface area contributed by atoms with E-state index in [1.165, 1.54) is 0 Å². The zero-order valence-corrected chi connectivity index (χ0v) is 13.1. The van der Waals surface area contributed by atoms with Crippen LogP contribution in [0.5, 0.6) is 0 Å². The zero-order valence-electron chi connectivity index (χ0n) is 12.3. The van der Waals surface area contributed by atoms with Gasteiger partial charge >= 0.3 is 0 Å². The molecule has 1 unspecified atom stereocenters. The Morgan fingerprint density at radius 1 is 1.16 bits per heavy atom. The molecule has 1 aromatic rings. The molecular weight excluding hydrogens is 261 g/mol. The molecule has 0 bridgehead atoms. The number of halogens is 2. The zero-order chi connectivity index (χ0) is 14.4. The minimum atomic E-state index is -0.322. The van der Waals surface area contributed by atoms with Gasteiger partial charge in [0.05, 0.1) is 5.02 Å². The van der Waals surface area contributed by atoms with Crippen molar-refractivity contribution in [2.24, 2.45) is 17.8 Å². The van der Waals surface area contributed by atoms with Gasteiger partial charge in [0.2, 0.25) is 0 Å². The molecule has 0 aromatic heterocycles. The molecule has 0 heterocycles. The Hall–Kier alpha value is -0.600. The third kappa shape index (κ3) is 5.92. The maximum atomic E-state index is 13.4. The average molecular weight is 286 g/mol. The molecule has 19 heavy (non-hydrogen) atoms. The number of rotatable bonds is 7. The number of hydrogen-bond donors (Lipinski definition) is 1. The predicted molar refractivity (Wildman–Crippen MR) is 81.1 cm³/mol. The molecule has 1 nitrogen and oxygen atoms in total. The van der Waals surface area contributed by atoms with Crippen LogP contribution in [0, 0.1) is 23.6 Å². The molecule has 0 fully saturated rings. The molecule has 0 saturated carbocycles. The summed E-state index contributed by atoms with van der Waals surface area (Å²) in [5.74, 6) is 1.41. The van der Waals surface area contributed by atoms with Gasteiger partial charge in [-0.25, -0.2) is 4.39 Å². The molecule has 0 saturated heterocycles. The van der Waals surface area contributed by atoms with Crippen molar-refractivity contribution in [3.63, 3.8) is 0 Å². The van der Waals surface area contributed by atoms with Crippen molar-refractivity contribution < 1.29 is 4.39 Å². The maximum Gasteiger partial charge on any atom is 0.142 e. The second-order valence-electron chi connectivity index (χ2n) is 6.01.